The Bertz CT molecular complexity index is 464. The second kappa shape index (κ2) is 8.46. The van der Waals surface area contributed by atoms with E-state index in [4.69, 9.17) is 9.52 Å². The van der Waals surface area contributed by atoms with Gasteiger partial charge in [-0.3, -0.25) is 14.5 Å². The van der Waals surface area contributed by atoms with Crippen molar-refractivity contribution < 1.29 is 19.1 Å². The van der Waals surface area contributed by atoms with Gasteiger partial charge in [-0.2, -0.15) is 0 Å². The number of carbonyl (C=O) groups excluding carboxylic acids is 1. The molecule has 1 aromatic heterocycles. The molecule has 0 saturated carbocycles. The normalized spacial score (nSPS) is 12.4. The molecule has 0 radical (unpaired) electrons. The van der Waals surface area contributed by atoms with E-state index in [9.17, 15) is 9.59 Å². The Morgan fingerprint density at radius 3 is 2.43 bits per heavy atom. The van der Waals surface area contributed by atoms with Gasteiger partial charge in [-0.1, -0.05) is 13.8 Å². The summed E-state index contributed by atoms with van der Waals surface area (Å²) >= 11 is 0. The summed E-state index contributed by atoms with van der Waals surface area (Å²) in [6, 6.07) is 2.40. The lowest BCUT2D eigenvalue weighted by Gasteiger charge is -2.19. The van der Waals surface area contributed by atoms with Gasteiger partial charge in [0.15, 0.2) is 5.76 Å². The first kappa shape index (κ1) is 17.2. The first-order valence-electron chi connectivity index (χ1n) is 7.32. The highest BCUT2D eigenvalue weighted by atomic mass is 16.4. The van der Waals surface area contributed by atoms with Gasteiger partial charge in [-0.05, 0) is 45.0 Å². The third kappa shape index (κ3) is 5.59. The van der Waals surface area contributed by atoms with E-state index in [1.54, 1.807) is 12.1 Å². The van der Waals surface area contributed by atoms with E-state index < -0.39 is 17.9 Å². The second-order valence-electron chi connectivity index (χ2n) is 5.08. The summed E-state index contributed by atoms with van der Waals surface area (Å²) in [5.74, 6) is -0.725. The minimum Gasteiger partial charge on any atom is -0.480 e. The fourth-order valence-electron chi connectivity index (χ4n) is 2.04. The van der Waals surface area contributed by atoms with Gasteiger partial charge in [-0.25, -0.2) is 0 Å². The van der Waals surface area contributed by atoms with Crippen LogP contribution in [-0.2, 0) is 11.3 Å². The number of furan rings is 1. The number of rotatable bonds is 9. The van der Waals surface area contributed by atoms with Crippen molar-refractivity contribution in [2.75, 3.05) is 13.1 Å². The summed E-state index contributed by atoms with van der Waals surface area (Å²) in [4.78, 5) is 24.8. The molecule has 1 amide bonds. The zero-order chi connectivity index (χ0) is 15.8. The molecule has 0 aliphatic heterocycles. The van der Waals surface area contributed by atoms with Crippen LogP contribution < -0.4 is 5.32 Å². The van der Waals surface area contributed by atoms with Gasteiger partial charge in [0.2, 0.25) is 0 Å². The highest BCUT2D eigenvalue weighted by Crippen LogP contribution is 2.11. The quantitative estimate of drug-likeness (QED) is 0.729. The van der Waals surface area contributed by atoms with Crippen LogP contribution in [0.4, 0.5) is 0 Å². The van der Waals surface area contributed by atoms with Gasteiger partial charge in [0.1, 0.15) is 11.8 Å². The highest BCUT2D eigenvalue weighted by molar-refractivity contribution is 5.94. The fraction of sp³-hybridized carbons (Fsp3) is 0.600. The maximum atomic E-state index is 11.8. The van der Waals surface area contributed by atoms with Crippen LogP contribution in [0.25, 0.3) is 0 Å². The van der Waals surface area contributed by atoms with Crippen molar-refractivity contribution in [3.8, 4) is 0 Å². The smallest absolute Gasteiger partial charge is 0.325 e. The maximum Gasteiger partial charge on any atom is 0.325 e. The topological polar surface area (TPSA) is 82.8 Å². The van der Waals surface area contributed by atoms with Crippen LogP contribution in [0.15, 0.2) is 16.5 Å². The van der Waals surface area contributed by atoms with Crippen molar-refractivity contribution in [3.05, 3.63) is 23.7 Å². The largest absolute Gasteiger partial charge is 0.480 e. The van der Waals surface area contributed by atoms with Gasteiger partial charge >= 0.3 is 5.97 Å². The molecule has 0 aromatic carbocycles. The number of hydrogen-bond acceptors (Lipinski definition) is 4. The number of carboxylic acids is 1. The van der Waals surface area contributed by atoms with Gasteiger partial charge < -0.3 is 14.8 Å². The minimum atomic E-state index is -1.08. The molecule has 1 atom stereocenters. The van der Waals surface area contributed by atoms with Crippen molar-refractivity contribution in [2.45, 2.75) is 46.2 Å². The Labute approximate surface area is 125 Å². The van der Waals surface area contributed by atoms with Crippen LogP contribution in [0.5, 0.6) is 0 Å². The average Bonchev–Trinajstić information content (AvgIpc) is 2.87. The van der Waals surface area contributed by atoms with E-state index in [0.717, 1.165) is 25.9 Å². The van der Waals surface area contributed by atoms with E-state index in [-0.39, 0.29) is 5.76 Å². The summed E-state index contributed by atoms with van der Waals surface area (Å²) in [7, 11) is 0. The molecule has 0 fully saturated rings. The molecule has 2 N–H and O–H groups in total. The van der Waals surface area contributed by atoms with Crippen LogP contribution in [-0.4, -0.2) is 41.0 Å². The minimum absolute atomic E-state index is 0.144. The standard InChI is InChI=1S/C15H24N2O4/c1-4-8-17(9-5-2)10-12-6-7-13(21-12)14(18)16-11(3)15(19)20/h6-7,11H,4-5,8-10H2,1-3H3,(H,16,18)(H,19,20). The Hall–Kier alpha value is -1.82. The van der Waals surface area contributed by atoms with Gasteiger partial charge in [-0.15, -0.1) is 0 Å². The highest BCUT2D eigenvalue weighted by Gasteiger charge is 2.18. The summed E-state index contributed by atoms with van der Waals surface area (Å²) in [5, 5.41) is 11.1. The number of aliphatic carboxylic acids is 1. The molecule has 0 bridgehead atoms. The summed E-state index contributed by atoms with van der Waals surface area (Å²) < 4.78 is 5.50. The van der Waals surface area contributed by atoms with Crippen LogP contribution in [0, 0.1) is 0 Å². The Morgan fingerprint density at radius 1 is 1.29 bits per heavy atom. The molecule has 0 aliphatic rings. The van der Waals surface area contributed by atoms with Crippen LogP contribution in [0.2, 0.25) is 0 Å². The van der Waals surface area contributed by atoms with Gasteiger partial charge in [0.25, 0.3) is 5.91 Å². The second-order valence-corrected chi connectivity index (χ2v) is 5.08. The Balaban J connectivity index is 2.63. The van der Waals surface area contributed by atoms with E-state index >= 15 is 0 Å². The molecule has 0 aliphatic carbocycles. The number of nitrogens with one attached hydrogen (secondary N) is 1. The molecule has 21 heavy (non-hydrogen) atoms. The molecule has 0 spiro atoms. The van der Waals surface area contributed by atoms with E-state index in [1.165, 1.54) is 6.92 Å². The summed E-state index contributed by atoms with van der Waals surface area (Å²) in [6.45, 7) is 8.27. The van der Waals surface area contributed by atoms with Crippen molar-refractivity contribution in [2.24, 2.45) is 0 Å². The molecular weight excluding hydrogens is 272 g/mol. The van der Waals surface area contributed by atoms with Gasteiger partial charge in [0, 0.05) is 0 Å². The van der Waals surface area contributed by atoms with Crippen LogP contribution in [0.3, 0.4) is 0 Å². The van der Waals surface area contributed by atoms with Gasteiger partial charge in [0.05, 0.1) is 6.54 Å². The zero-order valence-electron chi connectivity index (χ0n) is 12.9. The van der Waals surface area contributed by atoms with Crippen LogP contribution in [0.1, 0.15) is 49.9 Å². The lowest BCUT2D eigenvalue weighted by molar-refractivity contribution is -0.138. The number of nitrogens with zero attached hydrogens (tertiary/aromatic N) is 1. The first-order chi connectivity index (χ1) is 9.97. The molecule has 1 unspecified atom stereocenters. The molecule has 0 saturated heterocycles. The molecule has 118 valence electrons. The SMILES string of the molecule is CCCN(CCC)Cc1ccc(C(=O)NC(C)C(=O)O)o1. The molecule has 1 heterocycles. The number of hydrogen-bond donors (Lipinski definition) is 2. The van der Waals surface area contributed by atoms with Crippen LogP contribution >= 0.6 is 0 Å². The zero-order valence-corrected chi connectivity index (χ0v) is 12.9. The predicted octanol–water partition coefficient (Wildman–Crippen LogP) is 2.10. The predicted molar refractivity (Wildman–Crippen MR) is 79.1 cm³/mol. The maximum absolute atomic E-state index is 11.8. The molecule has 1 rings (SSSR count). The summed E-state index contributed by atoms with van der Waals surface area (Å²) in [6.07, 6.45) is 2.12. The monoisotopic (exact) mass is 296 g/mol. The number of carboxylic acid groups (broad SMARTS) is 1. The molecule has 6 heteroatoms. The van der Waals surface area contributed by atoms with E-state index in [2.05, 4.69) is 24.1 Å². The third-order valence-corrected chi connectivity index (χ3v) is 3.06. The lowest BCUT2D eigenvalue weighted by atomic mass is 10.3. The fourth-order valence-corrected chi connectivity index (χ4v) is 2.04. The molecule has 6 nitrogen and oxygen atoms in total. The van der Waals surface area contributed by atoms with Crippen molar-refractivity contribution in [1.82, 2.24) is 10.2 Å². The molecular formula is C15H24N2O4. The van der Waals surface area contributed by atoms with E-state index in [0.29, 0.717) is 12.3 Å². The Kier molecular flexibility index (Phi) is 6.94. The first-order valence-corrected chi connectivity index (χ1v) is 7.32. The Morgan fingerprint density at radius 2 is 1.90 bits per heavy atom. The van der Waals surface area contributed by atoms with Crippen molar-refractivity contribution >= 4 is 11.9 Å². The number of carbonyl (C=O) groups is 2. The van der Waals surface area contributed by atoms with E-state index in [1.807, 2.05) is 0 Å². The number of amides is 1. The van der Waals surface area contributed by atoms with Crippen molar-refractivity contribution in [3.63, 3.8) is 0 Å². The van der Waals surface area contributed by atoms with Crippen molar-refractivity contribution in [1.29, 1.82) is 0 Å². The molecule has 1 aromatic rings. The average molecular weight is 296 g/mol. The lowest BCUT2D eigenvalue weighted by Crippen LogP contribution is -2.38. The third-order valence-electron chi connectivity index (χ3n) is 3.06. The summed E-state index contributed by atoms with van der Waals surface area (Å²) in [5.41, 5.74) is 0.